The summed E-state index contributed by atoms with van der Waals surface area (Å²) in [5.41, 5.74) is 3.57. The fraction of sp³-hybridized carbons (Fsp3) is 0.538. The summed E-state index contributed by atoms with van der Waals surface area (Å²) in [6.07, 6.45) is 1.51. The lowest BCUT2D eigenvalue weighted by molar-refractivity contribution is -0.136. The van der Waals surface area contributed by atoms with Crippen molar-refractivity contribution < 1.29 is 19.1 Å². The van der Waals surface area contributed by atoms with E-state index in [4.69, 9.17) is 19.4 Å². The van der Waals surface area contributed by atoms with Crippen LogP contribution in [0.15, 0.2) is 24.3 Å². The third-order valence-electron chi connectivity index (χ3n) is 7.01. The molecule has 2 N–H and O–H groups in total. The average Bonchev–Trinajstić information content (AvgIpc) is 3.43. The molecule has 0 bridgehead atoms. The first kappa shape index (κ1) is 24.5. The molecule has 1 aromatic carbocycles. The van der Waals surface area contributed by atoms with Gasteiger partial charge in [0.1, 0.15) is 5.82 Å². The molecule has 10 heteroatoms. The van der Waals surface area contributed by atoms with E-state index >= 15 is 0 Å². The van der Waals surface area contributed by atoms with Crippen LogP contribution in [0.3, 0.4) is 0 Å². The second kappa shape index (κ2) is 10.8. The van der Waals surface area contributed by atoms with Crippen molar-refractivity contribution in [2.24, 2.45) is 5.92 Å². The number of urea groups is 1. The lowest BCUT2D eigenvalue weighted by Crippen LogP contribution is -2.46. The van der Waals surface area contributed by atoms with Crippen LogP contribution in [0, 0.1) is 5.92 Å². The monoisotopic (exact) mass is 494 g/mol. The van der Waals surface area contributed by atoms with Gasteiger partial charge >= 0.3 is 6.03 Å². The fourth-order valence-corrected chi connectivity index (χ4v) is 5.03. The number of fused-ring (bicyclic) bond motifs is 1. The van der Waals surface area contributed by atoms with Crippen molar-refractivity contribution in [3.63, 3.8) is 0 Å². The number of anilines is 2. The molecule has 4 heterocycles. The van der Waals surface area contributed by atoms with Crippen LogP contribution < -0.4 is 15.5 Å². The minimum atomic E-state index is -0.240. The number of hydrogen-bond donors (Lipinski definition) is 2. The van der Waals surface area contributed by atoms with Gasteiger partial charge in [0.2, 0.25) is 5.91 Å². The van der Waals surface area contributed by atoms with Crippen molar-refractivity contribution in [1.82, 2.24) is 20.2 Å². The highest BCUT2D eigenvalue weighted by Gasteiger charge is 2.33. The summed E-state index contributed by atoms with van der Waals surface area (Å²) in [6, 6.07) is 7.48. The molecule has 3 aliphatic rings. The molecule has 1 aromatic heterocycles. The number of morpholine rings is 1. The largest absolute Gasteiger partial charge is 0.381 e. The van der Waals surface area contributed by atoms with Gasteiger partial charge in [-0.05, 0) is 51.0 Å². The van der Waals surface area contributed by atoms with Crippen molar-refractivity contribution in [2.75, 3.05) is 56.3 Å². The number of nitrogens with zero attached hydrogens (tertiary/aromatic N) is 4. The molecule has 2 saturated heterocycles. The molecule has 3 amide bonds. The number of amides is 3. The summed E-state index contributed by atoms with van der Waals surface area (Å²) in [5.74, 6) is 1.65. The Balaban J connectivity index is 1.46. The van der Waals surface area contributed by atoms with E-state index in [1.807, 2.05) is 36.1 Å². The SMILES string of the molecule is CCNC(=O)Nc1ccc(-c2nc3c(c(N4CCOC[C@@H]4C)n2)CCN(C(=O)C2CCOC2)C3)cc1. The van der Waals surface area contributed by atoms with E-state index in [9.17, 15) is 9.59 Å². The van der Waals surface area contributed by atoms with Crippen molar-refractivity contribution in [3.05, 3.63) is 35.5 Å². The van der Waals surface area contributed by atoms with Gasteiger partial charge in [0.15, 0.2) is 5.82 Å². The molecule has 0 spiro atoms. The number of hydrogen-bond acceptors (Lipinski definition) is 7. The molecule has 192 valence electrons. The molecule has 2 aromatic rings. The van der Waals surface area contributed by atoms with Crippen LogP contribution in [0.25, 0.3) is 11.4 Å². The van der Waals surface area contributed by atoms with E-state index in [2.05, 4.69) is 22.5 Å². The van der Waals surface area contributed by atoms with Gasteiger partial charge in [0.05, 0.1) is 44.0 Å². The third-order valence-corrected chi connectivity index (χ3v) is 7.01. The maximum Gasteiger partial charge on any atom is 0.319 e. The Morgan fingerprint density at radius 2 is 1.89 bits per heavy atom. The second-order valence-corrected chi connectivity index (χ2v) is 9.55. The van der Waals surface area contributed by atoms with E-state index in [0.717, 1.165) is 42.0 Å². The highest BCUT2D eigenvalue weighted by molar-refractivity contribution is 5.89. The van der Waals surface area contributed by atoms with Crippen LogP contribution in [-0.4, -0.2) is 78.9 Å². The van der Waals surface area contributed by atoms with Gasteiger partial charge in [-0.15, -0.1) is 0 Å². The Morgan fingerprint density at radius 1 is 1.08 bits per heavy atom. The van der Waals surface area contributed by atoms with Crippen molar-refractivity contribution >= 4 is 23.4 Å². The van der Waals surface area contributed by atoms with Crippen molar-refractivity contribution in [2.45, 2.75) is 39.3 Å². The van der Waals surface area contributed by atoms with Gasteiger partial charge in [-0.1, -0.05) is 0 Å². The standard InChI is InChI=1S/C26H34N6O4/c1-3-27-26(34)28-20-6-4-18(5-7-20)23-29-22-14-31(25(33)19-9-12-35-16-19)10-8-21(22)24(30-23)32-11-13-36-15-17(32)2/h4-7,17,19H,3,8-16H2,1-2H3,(H2,27,28,34)/t17-,19?/m0/s1. The molecular weight excluding hydrogens is 460 g/mol. The summed E-state index contributed by atoms with van der Waals surface area (Å²) >= 11 is 0. The van der Waals surface area contributed by atoms with E-state index < -0.39 is 0 Å². The second-order valence-electron chi connectivity index (χ2n) is 9.55. The normalized spacial score (nSPS) is 21.7. The summed E-state index contributed by atoms with van der Waals surface area (Å²) in [6.45, 7) is 8.95. The number of ether oxygens (including phenoxy) is 2. The molecule has 5 rings (SSSR count). The highest BCUT2D eigenvalue weighted by atomic mass is 16.5. The average molecular weight is 495 g/mol. The summed E-state index contributed by atoms with van der Waals surface area (Å²) in [4.78, 5) is 39.2. The summed E-state index contributed by atoms with van der Waals surface area (Å²) in [5, 5.41) is 5.54. The Morgan fingerprint density at radius 3 is 2.61 bits per heavy atom. The molecule has 0 aliphatic carbocycles. The molecule has 1 unspecified atom stereocenters. The Labute approximate surface area is 211 Å². The molecule has 0 saturated carbocycles. The van der Waals surface area contributed by atoms with Gasteiger partial charge in [-0.3, -0.25) is 4.79 Å². The fourth-order valence-electron chi connectivity index (χ4n) is 5.03. The third kappa shape index (κ3) is 5.15. The van der Waals surface area contributed by atoms with Gasteiger partial charge in [0.25, 0.3) is 0 Å². The molecule has 0 radical (unpaired) electrons. The number of nitrogens with one attached hydrogen (secondary N) is 2. The predicted octanol–water partition coefficient (Wildman–Crippen LogP) is 2.43. The first-order valence-electron chi connectivity index (χ1n) is 12.8. The van der Waals surface area contributed by atoms with Crippen LogP contribution in [-0.2, 0) is 27.2 Å². The molecule has 10 nitrogen and oxygen atoms in total. The van der Waals surface area contributed by atoms with Gasteiger partial charge < -0.3 is 29.9 Å². The number of aromatic nitrogens is 2. The smallest absolute Gasteiger partial charge is 0.319 e. The van der Waals surface area contributed by atoms with Crippen LogP contribution in [0.4, 0.5) is 16.3 Å². The van der Waals surface area contributed by atoms with Crippen LogP contribution in [0.2, 0.25) is 0 Å². The van der Waals surface area contributed by atoms with Crippen molar-refractivity contribution in [1.29, 1.82) is 0 Å². The van der Waals surface area contributed by atoms with E-state index in [0.29, 0.717) is 57.6 Å². The maximum atomic E-state index is 13.1. The number of carbonyl (C=O) groups is 2. The van der Waals surface area contributed by atoms with E-state index in [1.54, 1.807) is 0 Å². The van der Waals surface area contributed by atoms with Gasteiger partial charge in [-0.25, -0.2) is 14.8 Å². The number of rotatable bonds is 5. The highest BCUT2D eigenvalue weighted by Crippen LogP contribution is 2.32. The van der Waals surface area contributed by atoms with Crippen LogP contribution in [0.5, 0.6) is 0 Å². The van der Waals surface area contributed by atoms with Gasteiger partial charge in [0, 0.05) is 43.1 Å². The lowest BCUT2D eigenvalue weighted by atomic mass is 10.0. The number of benzene rings is 1. The topological polar surface area (TPSA) is 109 Å². The summed E-state index contributed by atoms with van der Waals surface area (Å²) < 4.78 is 11.1. The Hall–Kier alpha value is -3.24. The number of carbonyl (C=O) groups excluding carboxylic acids is 2. The molecule has 3 aliphatic heterocycles. The molecular formula is C26H34N6O4. The van der Waals surface area contributed by atoms with Gasteiger partial charge in [-0.2, -0.15) is 0 Å². The predicted molar refractivity (Wildman–Crippen MR) is 136 cm³/mol. The van der Waals surface area contributed by atoms with E-state index in [-0.39, 0.29) is 23.9 Å². The Kier molecular flexibility index (Phi) is 7.33. The Bertz CT molecular complexity index is 1100. The molecule has 2 atom stereocenters. The molecule has 36 heavy (non-hydrogen) atoms. The maximum absolute atomic E-state index is 13.1. The zero-order chi connectivity index (χ0) is 25.1. The zero-order valence-electron chi connectivity index (χ0n) is 21.0. The first-order chi connectivity index (χ1) is 17.5. The lowest BCUT2D eigenvalue weighted by Gasteiger charge is -2.38. The quantitative estimate of drug-likeness (QED) is 0.657. The molecule has 2 fully saturated rings. The minimum absolute atomic E-state index is 0.0588. The first-order valence-corrected chi connectivity index (χ1v) is 12.8. The minimum Gasteiger partial charge on any atom is -0.381 e. The summed E-state index contributed by atoms with van der Waals surface area (Å²) in [7, 11) is 0. The van der Waals surface area contributed by atoms with Crippen molar-refractivity contribution in [3.8, 4) is 11.4 Å². The zero-order valence-corrected chi connectivity index (χ0v) is 21.0. The van der Waals surface area contributed by atoms with Crippen LogP contribution in [0.1, 0.15) is 31.5 Å². The van der Waals surface area contributed by atoms with E-state index in [1.165, 1.54) is 0 Å². The van der Waals surface area contributed by atoms with Crippen LogP contribution >= 0.6 is 0 Å².